The van der Waals surface area contributed by atoms with Gasteiger partial charge >= 0.3 is 0 Å². The highest BCUT2D eigenvalue weighted by atomic mass is 32.2. The van der Waals surface area contributed by atoms with Crippen molar-refractivity contribution in [1.29, 1.82) is 0 Å². The summed E-state index contributed by atoms with van der Waals surface area (Å²) in [4.78, 5) is 3.82. The van der Waals surface area contributed by atoms with Gasteiger partial charge in [0.1, 0.15) is 4.90 Å². The highest BCUT2D eigenvalue weighted by Gasteiger charge is 2.13. The smallest absolute Gasteiger partial charge is 0.241 e. The number of aromatic nitrogens is 1. The van der Waals surface area contributed by atoms with Gasteiger partial charge in [-0.1, -0.05) is 26.2 Å². The molecular formula is C11H19N3O2S. The second-order valence-electron chi connectivity index (χ2n) is 3.90. The summed E-state index contributed by atoms with van der Waals surface area (Å²) in [6.45, 7) is 2.89. The second kappa shape index (κ2) is 6.56. The number of anilines is 1. The molecule has 1 aromatic heterocycles. The molecule has 0 atom stereocenters. The Bertz CT molecular complexity index is 446. The van der Waals surface area contributed by atoms with Crippen molar-refractivity contribution in [3.05, 3.63) is 18.5 Å². The van der Waals surface area contributed by atoms with Gasteiger partial charge in [0, 0.05) is 18.9 Å². The first kappa shape index (κ1) is 13.9. The number of nitrogens with two attached hydrogens (primary N) is 1. The van der Waals surface area contributed by atoms with Crippen molar-refractivity contribution in [2.24, 2.45) is 5.14 Å². The molecule has 0 amide bonds. The van der Waals surface area contributed by atoms with E-state index >= 15 is 0 Å². The summed E-state index contributed by atoms with van der Waals surface area (Å²) in [7, 11) is -3.71. The number of hydrogen-bond donors (Lipinski definition) is 2. The van der Waals surface area contributed by atoms with E-state index in [1.54, 1.807) is 12.3 Å². The van der Waals surface area contributed by atoms with Gasteiger partial charge in [0.15, 0.2) is 0 Å². The third kappa shape index (κ3) is 4.70. The zero-order valence-electron chi connectivity index (χ0n) is 10.0. The van der Waals surface area contributed by atoms with Gasteiger partial charge in [0.05, 0.1) is 5.69 Å². The fraction of sp³-hybridized carbons (Fsp3) is 0.545. The van der Waals surface area contributed by atoms with Crippen LogP contribution < -0.4 is 10.5 Å². The number of hydrogen-bond acceptors (Lipinski definition) is 4. The van der Waals surface area contributed by atoms with Crippen LogP contribution in [0.1, 0.15) is 32.6 Å². The number of nitrogens with one attached hydrogen (secondary N) is 1. The summed E-state index contributed by atoms with van der Waals surface area (Å²) in [5.74, 6) is 0. The zero-order chi connectivity index (χ0) is 12.7. The van der Waals surface area contributed by atoms with Gasteiger partial charge in [0.2, 0.25) is 10.0 Å². The molecule has 0 unspecified atom stereocenters. The van der Waals surface area contributed by atoms with Crippen molar-refractivity contribution in [1.82, 2.24) is 4.98 Å². The summed E-state index contributed by atoms with van der Waals surface area (Å²) in [5, 5.41) is 8.18. The molecule has 0 fully saturated rings. The van der Waals surface area contributed by atoms with Crippen LogP contribution in [-0.4, -0.2) is 19.9 Å². The van der Waals surface area contributed by atoms with Crippen LogP contribution >= 0.6 is 0 Å². The molecule has 96 valence electrons. The molecular weight excluding hydrogens is 238 g/mol. The largest absolute Gasteiger partial charge is 0.384 e. The van der Waals surface area contributed by atoms with Crippen molar-refractivity contribution < 1.29 is 8.42 Å². The van der Waals surface area contributed by atoms with Crippen LogP contribution in [0.15, 0.2) is 23.4 Å². The number of unbranched alkanes of at least 4 members (excludes halogenated alkanes) is 3. The molecule has 0 saturated heterocycles. The third-order valence-corrected chi connectivity index (χ3v) is 3.38. The number of primary sulfonamides is 1. The van der Waals surface area contributed by atoms with Gasteiger partial charge in [-0.25, -0.2) is 13.6 Å². The quantitative estimate of drug-likeness (QED) is 0.728. The van der Waals surface area contributed by atoms with Gasteiger partial charge in [-0.2, -0.15) is 0 Å². The van der Waals surface area contributed by atoms with Gasteiger partial charge in [-0.15, -0.1) is 0 Å². The van der Waals surface area contributed by atoms with Crippen molar-refractivity contribution >= 4 is 15.7 Å². The molecule has 17 heavy (non-hydrogen) atoms. The van der Waals surface area contributed by atoms with Crippen LogP contribution in [0.25, 0.3) is 0 Å². The number of rotatable bonds is 7. The van der Waals surface area contributed by atoms with Gasteiger partial charge in [-0.05, 0) is 12.5 Å². The Labute approximate surface area is 102 Å². The minimum atomic E-state index is -3.71. The minimum Gasteiger partial charge on any atom is -0.384 e. The van der Waals surface area contributed by atoms with Crippen molar-refractivity contribution in [3.8, 4) is 0 Å². The molecule has 0 spiro atoms. The van der Waals surface area contributed by atoms with E-state index < -0.39 is 10.0 Å². The van der Waals surface area contributed by atoms with Gasteiger partial charge < -0.3 is 5.32 Å². The fourth-order valence-corrected chi connectivity index (χ4v) is 2.18. The van der Waals surface area contributed by atoms with Crippen LogP contribution in [0, 0.1) is 0 Å². The first-order chi connectivity index (χ1) is 8.05. The van der Waals surface area contributed by atoms with E-state index in [9.17, 15) is 8.42 Å². The molecule has 0 aliphatic rings. The Balaban J connectivity index is 2.59. The number of sulfonamides is 1. The zero-order valence-corrected chi connectivity index (χ0v) is 10.8. The highest BCUT2D eigenvalue weighted by molar-refractivity contribution is 7.89. The lowest BCUT2D eigenvalue weighted by atomic mass is 10.2. The summed E-state index contributed by atoms with van der Waals surface area (Å²) in [5.41, 5.74) is 0.527. The van der Waals surface area contributed by atoms with Crippen LogP contribution in [0.3, 0.4) is 0 Å². The van der Waals surface area contributed by atoms with E-state index in [0.717, 1.165) is 19.4 Å². The monoisotopic (exact) mass is 257 g/mol. The minimum absolute atomic E-state index is 0.0514. The van der Waals surface area contributed by atoms with Crippen LogP contribution in [0.4, 0.5) is 5.69 Å². The van der Waals surface area contributed by atoms with Crippen molar-refractivity contribution in [2.75, 3.05) is 11.9 Å². The Morgan fingerprint density at radius 2 is 2.12 bits per heavy atom. The Kier molecular flexibility index (Phi) is 5.37. The summed E-state index contributed by atoms with van der Waals surface area (Å²) >= 11 is 0. The summed E-state index contributed by atoms with van der Waals surface area (Å²) in [6, 6.07) is 1.62. The molecule has 1 heterocycles. The maximum absolute atomic E-state index is 11.3. The molecule has 0 aromatic carbocycles. The van der Waals surface area contributed by atoms with E-state index in [-0.39, 0.29) is 4.90 Å². The van der Waals surface area contributed by atoms with Gasteiger partial charge in [-0.3, -0.25) is 4.98 Å². The van der Waals surface area contributed by atoms with Gasteiger partial charge in [0.25, 0.3) is 0 Å². The van der Waals surface area contributed by atoms with Crippen molar-refractivity contribution in [2.45, 2.75) is 37.5 Å². The maximum Gasteiger partial charge on any atom is 0.241 e. The molecule has 5 nitrogen and oxygen atoms in total. The van der Waals surface area contributed by atoms with Crippen LogP contribution in [0.2, 0.25) is 0 Å². The first-order valence-corrected chi connectivity index (χ1v) is 7.31. The Morgan fingerprint density at radius 3 is 2.76 bits per heavy atom. The number of nitrogens with zero attached hydrogens (tertiary/aromatic N) is 1. The topological polar surface area (TPSA) is 85.1 Å². The van der Waals surface area contributed by atoms with Crippen LogP contribution in [0.5, 0.6) is 0 Å². The summed E-state index contributed by atoms with van der Waals surface area (Å²) < 4.78 is 22.6. The third-order valence-electron chi connectivity index (χ3n) is 2.44. The fourth-order valence-electron chi connectivity index (χ4n) is 1.53. The van der Waals surface area contributed by atoms with E-state index in [1.165, 1.54) is 19.0 Å². The first-order valence-electron chi connectivity index (χ1n) is 5.76. The highest BCUT2D eigenvalue weighted by Crippen LogP contribution is 2.17. The molecule has 6 heteroatoms. The summed E-state index contributed by atoms with van der Waals surface area (Å²) in [6.07, 6.45) is 7.34. The van der Waals surface area contributed by atoms with Crippen LogP contribution in [-0.2, 0) is 10.0 Å². The van der Waals surface area contributed by atoms with E-state index in [4.69, 9.17) is 5.14 Å². The predicted molar refractivity (Wildman–Crippen MR) is 68.2 cm³/mol. The molecule has 0 saturated carbocycles. The Hall–Kier alpha value is -1.14. The van der Waals surface area contributed by atoms with E-state index in [2.05, 4.69) is 17.2 Å². The molecule has 0 aliphatic heterocycles. The lowest BCUT2D eigenvalue weighted by Crippen LogP contribution is -2.15. The molecule has 0 radical (unpaired) electrons. The lowest BCUT2D eigenvalue weighted by molar-refractivity contribution is 0.597. The second-order valence-corrected chi connectivity index (χ2v) is 5.43. The molecule has 1 rings (SSSR count). The van der Waals surface area contributed by atoms with E-state index in [0.29, 0.717) is 5.69 Å². The molecule has 0 bridgehead atoms. The maximum atomic E-state index is 11.3. The Morgan fingerprint density at radius 1 is 1.35 bits per heavy atom. The number of pyridine rings is 1. The molecule has 0 aliphatic carbocycles. The van der Waals surface area contributed by atoms with Crippen molar-refractivity contribution in [3.63, 3.8) is 0 Å². The average molecular weight is 257 g/mol. The SMILES string of the molecule is CCCCCCNc1ccncc1S(N)(=O)=O. The average Bonchev–Trinajstić information content (AvgIpc) is 2.28. The normalized spacial score (nSPS) is 11.4. The standard InChI is InChI=1S/C11H19N3O2S/c1-2-3-4-5-7-14-10-6-8-13-9-11(10)17(12,15)16/h6,8-9H,2-5,7H2,1H3,(H,13,14)(H2,12,15,16). The predicted octanol–water partition coefficient (Wildman–Crippen LogP) is 1.72. The van der Waals surface area contributed by atoms with E-state index in [1.807, 2.05) is 0 Å². The molecule has 3 N–H and O–H groups in total. The molecule has 1 aromatic rings. The lowest BCUT2D eigenvalue weighted by Gasteiger charge is -2.09.